The van der Waals surface area contributed by atoms with Crippen molar-refractivity contribution in [1.82, 2.24) is 9.62 Å². The SMILES string of the molecule is CC(C)CN=C(N)NCCS(=O)(=O)N1CC(C)OC(C)C1. The first-order valence-electron chi connectivity index (χ1n) is 7.37. The van der Waals surface area contributed by atoms with Gasteiger partial charge in [-0.1, -0.05) is 13.8 Å². The van der Waals surface area contributed by atoms with Crippen LogP contribution < -0.4 is 11.1 Å². The third-order valence-electron chi connectivity index (χ3n) is 3.07. The van der Waals surface area contributed by atoms with Crippen molar-refractivity contribution < 1.29 is 13.2 Å². The van der Waals surface area contributed by atoms with Crippen LogP contribution in [0.2, 0.25) is 0 Å². The molecule has 7 nitrogen and oxygen atoms in total. The Hall–Kier alpha value is -0.860. The minimum atomic E-state index is -3.30. The molecule has 0 bridgehead atoms. The minimum absolute atomic E-state index is 0.00430. The van der Waals surface area contributed by atoms with E-state index in [1.807, 2.05) is 27.7 Å². The van der Waals surface area contributed by atoms with E-state index < -0.39 is 10.0 Å². The van der Waals surface area contributed by atoms with E-state index in [2.05, 4.69) is 10.3 Å². The van der Waals surface area contributed by atoms with Crippen molar-refractivity contribution in [3.8, 4) is 0 Å². The predicted octanol–water partition coefficient (Wildman–Crippen LogP) is -0.0143. The number of nitrogens with zero attached hydrogens (tertiary/aromatic N) is 2. The lowest BCUT2D eigenvalue weighted by molar-refractivity contribution is -0.0440. The van der Waals surface area contributed by atoms with Crippen LogP contribution in [0.5, 0.6) is 0 Å². The molecule has 1 aliphatic heterocycles. The van der Waals surface area contributed by atoms with Gasteiger partial charge in [0.05, 0.1) is 18.0 Å². The minimum Gasteiger partial charge on any atom is -0.373 e. The molecule has 0 aromatic rings. The molecule has 8 heteroatoms. The molecule has 124 valence electrons. The van der Waals surface area contributed by atoms with E-state index in [0.29, 0.717) is 31.5 Å². The highest BCUT2D eigenvalue weighted by molar-refractivity contribution is 7.89. The smallest absolute Gasteiger partial charge is 0.216 e. The molecule has 2 unspecified atom stereocenters. The number of guanidine groups is 1. The van der Waals surface area contributed by atoms with Gasteiger partial charge in [-0.3, -0.25) is 4.99 Å². The zero-order valence-corrected chi connectivity index (χ0v) is 14.2. The lowest BCUT2D eigenvalue weighted by Gasteiger charge is -2.34. The molecule has 2 atom stereocenters. The van der Waals surface area contributed by atoms with Crippen LogP contribution in [0.4, 0.5) is 0 Å². The number of ether oxygens (including phenoxy) is 1. The summed E-state index contributed by atoms with van der Waals surface area (Å²) in [5.41, 5.74) is 5.68. The summed E-state index contributed by atoms with van der Waals surface area (Å²) in [6, 6.07) is 0. The normalized spacial score (nSPS) is 25.3. The summed E-state index contributed by atoms with van der Waals surface area (Å²) in [6.45, 7) is 9.55. The standard InChI is InChI=1S/C13H28N4O3S/c1-10(2)7-16-13(14)15-5-6-21(18,19)17-8-11(3)20-12(4)9-17/h10-12H,5-9H2,1-4H3,(H3,14,15,16). The molecule has 1 aliphatic rings. The first-order chi connectivity index (χ1) is 9.70. The van der Waals surface area contributed by atoms with Gasteiger partial charge in [0.25, 0.3) is 0 Å². The van der Waals surface area contributed by atoms with Gasteiger partial charge in [0.1, 0.15) is 0 Å². The highest BCUT2D eigenvalue weighted by atomic mass is 32.2. The van der Waals surface area contributed by atoms with Crippen molar-refractivity contribution >= 4 is 16.0 Å². The van der Waals surface area contributed by atoms with Gasteiger partial charge in [0, 0.05) is 26.2 Å². The third kappa shape index (κ3) is 6.62. The topological polar surface area (TPSA) is 97.0 Å². The van der Waals surface area contributed by atoms with Crippen LogP contribution in [0.3, 0.4) is 0 Å². The van der Waals surface area contributed by atoms with Crippen LogP contribution in [-0.2, 0) is 14.8 Å². The number of nitrogens with one attached hydrogen (secondary N) is 1. The second-order valence-electron chi connectivity index (χ2n) is 5.94. The van der Waals surface area contributed by atoms with Crippen LogP contribution in [0.25, 0.3) is 0 Å². The Morgan fingerprint density at radius 3 is 2.48 bits per heavy atom. The molecule has 0 saturated carbocycles. The maximum Gasteiger partial charge on any atom is 0.216 e. The quantitative estimate of drug-likeness (QED) is 0.530. The van der Waals surface area contributed by atoms with Gasteiger partial charge < -0.3 is 15.8 Å². The van der Waals surface area contributed by atoms with Gasteiger partial charge in [0.15, 0.2) is 5.96 Å². The molecule has 0 aromatic carbocycles. The second-order valence-corrected chi connectivity index (χ2v) is 8.03. The summed E-state index contributed by atoms with van der Waals surface area (Å²) in [4.78, 5) is 4.13. The fourth-order valence-electron chi connectivity index (χ4n) is 2.13. The Morgan fingerprint density at radius 1 is 1.38 bits per heavy atom. The maximum absolute atomic E-state index is 12.3. The lowest BCUT2D eigenvalue weighted by atomic mass is 10.2. The molecular weight excluding hydrogens is 292 g/mol. The largest absolute Gasteiger partial charge is 0.373 e. The average molecular weight is 320 g/mol. The van der Waals surface area contributed by atoms with E-state index in [0.717, 1.165) is 0 Å². The molecule has 1 fully saturated rings. The second kappa shape index (κ2) is 7.95. The van der Waals surface area contributed by atoms with E-state index in [9.17, 15) is 8.42 Å². The van der Waals surface area contributed by atoms with Crippen molar-refractivity contribution in [1.29, 1.82) is 0 Å². The van der Waals surface area contributed by atoms with Gasteiger partial charge >= 0.3 is 0 Å². The molecule has 1 saturated heterocycles. The summed E-state index contributed by atoms with van der Waals surface area (Å²) in [5.74, 6) is 0.720. The number of aliphatic imine (C=N–C) groups is 1. The average Bonchev–Trinajstić information content (AvgIpc) is 2.35. The highest BCUT2D eigenvalue weighted by Gasteiger charge is 2.30. The Kier molecular flexibility index (Phi) is 6.89. The number of hydrogen-bond acceptors (Lipinski definition) is 4. The molecule has 21 heavy (non-hydrogen) atoms. The molecule has 0 aromatic heterocycles. The van der Waals surface area contributed by atoms with Crippen molar-refractivity contribution in [3.63, 3.8) is 0 Å². The molecule has 0 aliphatic carbocycles. The van der Waals surface area contributed by atoms with Gasteiger partial charge in [-0.2, -0.15) is 4.31 Å². The molecule has 0 radical (unpaired) electrons. The zero-order chi connectivity index (χ0) is 16.0. The Balaban J connectivity index is 2.44. The zero-order valence-electron chi connectivity index (χ0n) is 13.4. The van der Waals surface area contributed by atoms with Gasteiger partial charge in [0.2, 0.25) is 10.0 Å². The maximum atomic E-state index is 12.3. The lowest BCUT2D eigenvalue weighted by Crippen LogP contribution is -2.50. The van der Waals surface area contributed by atoms with Gasteiger partial charge in [-0.15, -0.1) is 0 Å². The van der Waals surface area contributed by atoms with Crippen molar-refractivity contribution in [2.45, 2.75) is 39.9 Å². The van der Waals surface area contributed by atoms with Crippen LogP contribution in [0.15, 0.2) is 4.99 Å². The fourth-order valence-corrected chi connectivity index (χ4v) is 3.62. The number of morpholine rings is 1. The van der Waals surface area contributed by atoms with Crippen molar-refractivity contribution in [2.75, 3.05) is 31.9 Å². The molecular formula is C13H28N4O3S. The monoisotopic (exact) mass is 320 g/mol. The van der Waals surface area contributed by atoms with Gasteiger partial charge in [-0.25, -0.2) is 8.42 Å². The first-order valence-corrected chi connectivity index (χ1v) is 8.98. The van der Waals surface area contributed by atoms with Crippen LogP contribution in [-0.4, -0.2) is 62.8 Å². The Morgan fingerprint density at radius 2 is 1.95 bits per heavy atom. The summed E-state index contributed by atoms with van der Waals surface area (Å²) in [6.07, 6.45) is -0.150. The number of sulfonamides is 1. The highest BCUT2D eigenvalue weighted by Crippen LogP contribution is 2.14. The van der Waals surface area contributed by atoms with Crippen molar-refractivity contribution in [2.24, 2.45) is 16.6 Å². The van der Waals surface area contributed by atoms with E-state index in [1.165, 1.54) is 4.31 Å². The molecule has 0 amide bonds. The number of rotatable bonds is 6. The summed E-state index contributed by atoms with van der Waals surface area (Å²) in [7, 11) is -3.30. The van der Waals surface area contributed by atoms with E-state index in [4.69, 9.17) is 10.5 Å². The molecule has 3 N–H and O–H groups in total. The van der Waals surface area contributed by atoms with Crippen LogP contribution in [0.1, 0.15) is 27.7 Å². The van der Waals surface area contributed by atoms with Crippen LogP contribution in [0, 0.1) is 5.92 Å². The van der Waals surface area contributed by atoms with Gasteiger partial charge in [-0.05, 0) is 19.8 Å². The summed E-state index contributed by atoms with van der Waals surface area (Å²) >= 11 is 0. The van der Waals surface area contributed by atoms with Crippen molar-refractivity contribution in [3.05, 3.63) is 0 Å². The Labute approximate surface area is 128 Å². The molecule has 1 heterocycles. The summed E-state index contributed by atoms with van der Waals surface area (Å²) < 4.78 is 31.6. The third-order valence-corrected chi connectivity index (χ3v) is 4.88. The van der Waals surface area contributed by atoms with E-state index in [-0.39, 0.29) is 24.5 Å². The molecule has 1 rings (SSSR count). The summed E-state index contributed by atoms with van der Waals surface area (Å²) in [5, 5.41) is 2.85. The number of hydrogen-bond donors (Lipinski definition) is 2. The van der Waals surface area contributed by atoms with Crippen LogP contribution >= 0.6 is 0 Å². The Bertz CT molecular complexity index is 440. The molecule has 0 spiro atoms. The predicted molar refractivity (Wildman–Crippen MR) is 84.7 cm³/mol. The van der Waals surface area contributed by atoms with E-state index >= 15 is 0 Å². The fraction of sp³-hybridized carbons (Fsp3) is 0.923. The first kappa shape index (κ1) is 18.2. The number of nitrogens with two attached hydrogens (primary N) is 1. The van der Waals surface area contributed by atoms with E-state index in [1.54, 1.807) is 0 Å².